The van der Waals surface area contributed by atoms with Crippen molar-refractivity contribution in [3.63, 3.8) is 0 Å². The van der Waals surface area contributed by atoms with Gasteiger partial charge in [-0.2, -0.15) is 4.31 Å². The van der Waals surface area contributed by atoms with Crippen molar-refractivity contribution in [1.82, 2.24) is 9.21 Å². The van der Waals surface area contributed by atoms with Crippen molar-refractivity contribution in [3.8, 4) is 0 Å². The molecule has 0 bridgehead atoms. The monoisotopic (exact) mass is 332 g/mol. The van der Waals surface area contributed by atoms with E-state index in [4.69, 9.17) is 16.7 Å². The maximum Gasteiger partial charge on any atom is 0.320 e. The maximum atomic E-state index is 12.5. The summed E-state index contributed by atoms with van der Waals surface area (Å²) in [4.78, 5) is 12.9. The van der Waals surface area contributed by atoms with Gasteiger partial charge in [-0.15, -0.1) is 0 Å². The van der Waals surface area contributed by atoms with E-state index in [1.807, 2.05) is 0 Å². The van der Waals surface area contributed by atoms with Gasteiger partial charge in [0.1, 0.15) is 6.04 Å². The zero-order valence-corrected chi connectivity index (χ0v) is 13.1. The highest BCUT2D eigenvalue weighted by molar-refractivity contribution is 7.89. The SMILES string of the molecule is CC(C(=O)O)N1CCN(S(=O)(=O)c2cccc(Cl)c2)CC1. The fraction of sp³-hybridized carbons (Fsp3) is 0.462. The molecule has 21 heavy (non-hydrogen) atoms. The quantitative estimate of drug-likeness (QED) is 0.894. The van der Waals surface area contributed by atoms with E-state index in [1.54, 1.807) is 24.0 Å². The molecular weight excluding hydrogens is 316 g/mol. The highest BCUT2D eigenvalue weighted by atomic mass is 35.5. The fourth-order valence-electron chi connectivity index (χ4n) is 2.26. The van der Waals surface area contributed by atoms with Crippen LogP contribution < -0.4 is 0 Å². The summed E-state index contributed by atoms with van der Waals surface area (Å²) in [6.07, 6.45) is 0. The van der Waals surface area contributed by atoms with Gasteiger partial charge in [0.05, 0.1) is 4.90 Å². The minimum Gasteiger partial charge on any atom is -0.480 e. The molecule has 1 aromatic rings. The van der Waals surface area contributed by atoms with Crippen molar-refractivity contribution in [2.24, 2.45) is 0 Å². The molecule has 1 aromatic carbocycles. The molecule has 0 aromatic heterocycles. The Hall–Kier alpha value is -1.15. The number of piperazine rings is 1. The molecular formula is C13H17ClN2O4S. The molecule has 0 spiro atoms. The van der Waals surface area contributed by atoms with Gasteiger partial charge >= 0.3 is 5.97 Å². The smallest absolute Gasteiger partial charge is 0.320 e. The summed E-state index contributed by atoms with van der Waals surface area (Å²) in [7, 11) is -3.58. The first-order valence-corrected chi connectivity index (χ1v) is 8.37. The van der Waals surface area contributed by atoms with Gasteiger partial charge in [0.25, 0.3) is 0 Å². The number of carbonyl (C=O) groups is 1. The lowest BCUT2D eigenvalue weighted by atomic mass is 10.2. The maximum absolute atomic E-state index is 12.5. The number of nitrogens with zero attached hydrogens (tertiary/aromatic N) is 2. The van der Waals surface area contributed by atoms with Crippen LogP contribution in [0.2, 0.25) is 5.02 Å². The van der Waals surface area contributed by atoms with Crippen LogP contribution >= 0.6 is 11.6 Å². The number of halogens is 1. The average Bonchev–Trinajstić information content (AvgIpc) is 2.46. The summed E-state index contributed by atoms with van der Waals surface area (Å²) < 4.78 is 26.3. The first-order valence-electron chi connectivity index (χ1n) is 6.55. The fourth-order valence-corrected chi connectivity index (χ4v) is 3.99. The third-order valence-electron chi connectivity index (χ3n) is 3.61. The van der Waals surface area contributed by atoms with Crippen LogP contribution in [-0.4, -0.2) is 60.9 Å². The minimum atomic E-state index is -3.58. The number of hydrogen-bond acceptors (Lipinski definition) is 4. The highest BCUT2D eigenvalue weighted by Gasteiger charge is 2.31. The van der Waals surface area contributed by atoms with Crippen molar-refractivity contribution in [2.75, 3.05) is 26.2 Å². The summed E-state index contributed by atoms with van der Waals surface area (Å²) in [5.74, 6) is -0.902. The zero-order valence-electron chi connectivity index (χ0n) is 11.6. The number of rotatable bonds is 4. The largest absolute Gasteiger partial charge is 0.480 e. The third kappa shape index (κ3) is 3.55. The summed E-state index contributed by atoms with van der Waals surface area (Å²) in [5, 5.41) is 9.35. The molecule has 1 saturated heterocycles. The topological polar surface area (TPSA) is 77.9 Å². The van der Waals surface area contributed by atoms with Crippen LogP contribution in [0.15, 0.2) is 29.2 Å². The van der Waals surface area contributed by atoms with Gasteiger partial charge in [-0.25, -0.2) is 8.42 Å². The minimum absolute atomic E-state index is 0.162. The summed E-state index contributed by atoms with van der Waals surface area (Å²) in [6.45, 7) is 2.93. The Kier molecular flexibility index (Phi) is 4.88. The lowest BCUT2D eigenvalue weighted by molar-refractivity contribution is -0.143. The number of carboxylic acids is 1. The van der Waals surface area contributed by atoms with E-state index in [1.165, 1.54) is 16.4 Å². The molecule has 1 aliphatic heterocycles. The molecule has 0 amide bonds. The highest BCUT2D eigenvalue weighted by Crippen LogP contribution is 2.21. The Morgan fingerprint density at radius 2 is 1.90 bits per heavy atom. The van der Waals surface area contributed by atoms with E-state index < -0.39 is 22.0 Å². The van der Waals surface area contributed by atoms with Crippen molar-refractivity contribution >= 4 is 27.6 Å². The Morgan fingerprint density at radius 3 is 2.43 bits per heavy atom. The van der Waals surface area contributed by atoms with Crippen LogP contribution in [0.25, 0.3) is 0 Å². The number of aliphatic carboxylic acids is 1. The van der Waals surface area contributed by atoms with Gasteiger partial charge in [0.15, 0.2) is 0 Å². The lowest BCUT2D eigenvalue weighted by Gasteiger charge is -2.35. The van der Waals surface area contributed by atoms with Gasteiger partial charge in [-0.1, -0.05) is 17.7 Å². The number of benzene rings is 1. The molecule has 0 radical (unpaired) electrons. The summed E-state index contributed by atoms with van der Waals surface area (Å²) in [5.41, 5.74) is 0. The molecule has 0 saturated carbocycles. The summed E-state index contributed by atoms with van der Waals surface area (Å²) in [6, 6.07) is 5.53. The Balaban J connectivity index is 2.09. The molecule has 1 atom stereocenters. The molecule has 2 rings (SSSR count). The molecule has 1 aliphatic rings. The van der Waals surface area contributed by atoms with Crippen molar-refractivity contribution < 1.29 is 18.3 Å². The first-order chi connectivity index (χ1) is 9.82. The van der Waals surface area contributed by atoms with E-state index in [-0.39, 0.29) is 18.0 Å². The molecule has 1 fully saturated rings. The second-order valence-electron chi connectivity index (χ2n) is 4.91. The first kappa shape index (κ1) is 16.2. The van der Waals surface area contributed by atoms with E-state index in [0.717, 1.165) is 0 Å². The third-order valence-corrected chi connectivity index (χ3v) is 5.74. The van der Waals surface area contributed by atoms with Gasteiger partial charge in [-0.05, 0) is 25.1 Å². The van der Waals surface area contributed by atoms with Crippen LogP contribution in [0.5, 0.6) is 0 Å². The van der Waals surface area contributed by atoms with Gasteiger partial charge in [0.2, 0.25) is 10.0 Å². The predicted octanol–water partition coefficient (Wildman–Crippen LogP) is 1.12. The van der Waals surface area contributed by atoms with Crippen LogP contribution in [0.1, 0.15) is 6.92 Å². The van der Waals surface area contributed by atoms with Gasteiger partial charge in [-0.3, -0.25) is 9.69 Å². The van der Waals surface area contributed by atoms with E-state index in [9.17, 15) is 13.2 Å². The molecule has 1 N–H and O–H groups in total. The predicted molar refractivity (Wildman–Crippen MR) is 78.9 cm³/mol. The molecule has 1 heterocycles. The average molecular weight is 333 g/mol. The van der Waals surface area contributed by atoms with Crippen molar-refractivity contribution in [2.45, 2.75) is 17.9 Å². The van der Waals surface area contributed by atoms with Crippen LogP contribution in [0.3, 0.4) is 0 Å². The second kappa shape index (κ2) is 6.31. The van der Waals surface area contributed by atoms with Crippen LogP contribution in [0.4, 0.5) is 0 Å². The number of sulfonamides is 1. The van der Waals surface area contributed by atoms with Gasteiger partial charge in [0, 0.05) is 31.2 Å². The standard InChI is InChI=1S/C13H17ClN2O4S/c1-10(13(17)18)15-5-7-16(8-6-15)21(19,20)12-4-2-3-11(14)9-12/h2-4,9-10H,5-8H2,1H3,(H,17,18). The second-order valence-corrected chi connectivity index (χ2v) is 7.29. The van der Waals surface area contributed by atoms with E-state index in [2.05, 4.69) is 0 Å². The molecule has 8 heteroatoms. The normalized spacial score (nSPS) is 19.3. The Labute approximate surface area is 129 Å². The lowest BCUT2D eigenvalue weighted by Crippen LogP contribution is -2.53. The number of hydrogen-bond donors (Lipinski definition) is 1. The van der Waals surface area contributed by atoms with Crippen molar-refractivity contribution in [1.29, 1.82) is 0 Å². The summed E-state index contributed by atoms with van der Waals surface area (Å²) >= 11 is 5.83. The Morgan fingerprint density at radius 1 is 1.29 bits per heavy atom. The Bertz CT molecular complexity index is 627. The molecule has 6 nitrogen and oxygen atoms in total. The molecule has 116 valence electrons. The van der Waals surface area contributed by atoms with Crippen LogP contribution in [-0.2, 0) is 14.8 Å². The molecule has 1 unspecified atom stereocenters. The van der Waals surface area contributed by atoms with E-state index >= 15 is 0 Å². The molecule has 0 aliphatic carbocycles. The number of carboxylic acid groups (broad SMARTS) is 1. The van der Waals surface area contributed by atoms with Crippen molar-refractivity contribution in [3.05, 3.63) is 29.3 Å². The van der Waals surface area contributed by atoms with Crippen LogP contribution in [0, 0.1) is 0 Å². The van der Waals surface area contributed by atoms with Gasteiger partial charge < -0.3 is 5.11 Å². The zero-order chi connectivity index (χ0) is 15.6. The van der Waals surface area contributed by atoms with E-state index in [0.29, 0.717) is 18.1 Å².